The molecule has 0 aliphatic carbocycles. The van der Waals surface area contributed by atoms with Crippen LogP contribution in [-0.2, 0) is 6.54 Å². The Hall–Kier alpha value is -2.90. The fraction of sp³-hybridized carbons (Fsp3) is 0.364. The Morgan fingerprint density at radius 3 is 2.45 bits per heavy atom. The molecule has 1 aromatic heterocycles. The second kappa shape index (κ2) is 9.07. The minimum absolute atomic E-state index is 0.0867. The summed E-state index contributed by atoms with van der Waals surface area (Å²) >= 11 is 0. The molecule has 0 radical (unpaired) electrons. The average molecular weight is 393 g/mol. The third kappa shape index (κ3) is 4.58. The van der Waals surface area contributed by atoms with Gasteiger partial charge in [0, 0.05) is 26.2 Å². The van der Waals surface area contributed by atoms with Crippen molar-refractivity contribution in [3.05, 3.63) is 77.0 Å². The summed E-state index contributed by atoms with van der Waals surface area (Å²) in [6.45, 7) is 3.92. The summed E-state index contributed by atoms with van der Waals surface area (Å²) in [4.78, 5) is 15.2. The van der Waals surface area contributed by atoms with Crippen LogP contribution in [0.4, 0.5) is 0 Å². The van der Waals surface area contributed by atoms with Crippen LogP contribution in [0.2, 0.25) is 0 Å². The molecule has 29 heavy (non-hydrogen) atoms. The van der Waals surface area contributed by atoms with Gasteiger partial charge < -0.3 is 10.5 Å². The predicted octanol–water partition coefficient (Wildman–Crippen LogP) is 2.21. The number of nitrogens with zero attached hydrogens (tertiary/aromatic N) is 4. The van der Waals surface area contributed by atoms with E-state index in [9.17, 15) is 4.79 Å². The second-order valence-corrected chi connectivity index (χ2v) is 7.33. The van der Waals surface area contributed by atoms with Crippen LogP contribution in [0.1, 0.15) is 24.4 Å². The fourth-order valence-corrected chi connectivity index (χ4v) is 3.73. The van der Waals surface area contributed by atoms with E-state index < -0.39 is 0 Å². The van der Waals surface area contributed by atoms with Crippen molar-refractivity contribution in [3.63, 3.8) is 0 Å². The van der Waals surface area contributed by atoms with Crippen LogP contribution >= 0.6 is 0 Å². The second-order valence-electron chi connectivity index (χ2n) is 7.33. The third-order valence-corrected chi connectivity index (χ3v) is 5.47. The predicted molar refractivity (Wildman–Crippen MR) is 112 cm³/mol. The van der Waals surface area contributed by atoms with Crippen molar-refractivity contribution in [1.29, 1.82) is 0 Å². The van der Waals surface area contributed by atoms with Crippen LogP contribution in [0.3, 0.4) is 0 Å². The van der Waals surface area contributed by atoms with Crippen LogP contribution in [0.15, 0.2) is 65.7 Å². The molecule has 0 atom stereocenters. The molecule has 1 fully saturated rings. The Morgan fingerprint density at radius 1 is 1.03 bits per heavy atom. The number of benzene rings is 2. The van der Waals surface area contributed by atoms with Gasteiger partial charge in [-0.15, -0.1) is 0 Å². The highest BCUT2D eigenvalue weighted by Gasteiger charge is 2.23. The van der Waals surface area contributed by atoms with Crippen molar-refractivity contribution in [2.24, 2.45) is 5.73 Å². The lowest BCUT2D eigenvalue weighted by Gasteiger charge is -2.31. The molecule has 1 aliphatic heterocycles. The summed E-state index contributed by atoms with van der Waals surface area (Å²) in [5.41, 5.74) is 7.41. The maximum atomic E-state index is 12.8. The Bertz CT molecular complexity index is 957. The van der Waals surface area contributed by atoms with Gasteiger partial charge >= 0.3 is 5.69 Å². The molecular weight excluding hydrogens is 366 g/mol. The molecule has 7 nitrogen and oxygen atoms in total. The topological polar surface area (TPSA) is 78.3 Å². The van der Waals surface area contributed by atoms with Gasteiger partial charge in [-0.3, -0.25) is 4.90 Å². The molecule has 7 heteroatoms. The molecule has 1 saturated heterocycles. The number of hydrogen-bond donors (Lipinski definition) is 1. The maximum absolute atomic E-state index is 12.8. The number of hydrogen-bond acceptors (Lipinski definition) is 5. The maximum Gasteiger partial charge on any atom is 0.350 e. The largest absolute Gasteiger partial charge is 0.492 e. The lowest BCUT2D eigenvalue weighted by atomic mass is 10.1. The van der Waals surface area contributed by atoms with Crippen LogP contribution in [-0.4, -0.2) is 45.5 Å². The zero-order valence-corrected chi connectivity index (χ0v) is 16.5. The molecule has 2 N–H and O–H groups in total. The van der Waals surface area contributed by atoms with E-state index >= 15 is 0 Å². The van der Waals surface area contributed by atoms with Gasteiger partial charge in [-0.25, -0.2) is 14.0 Å². The summed E-state index contributed by atoms with van der Waals surface area (Å²) in [7, 11) is 0. The van der Waals surface area contributed by atoms with E-state index in [1.54, 1.807) is 15.6 Å². The summed E-state index contributed by atoms with van der Waals surface area (Å²) in [5.74, 6) is 0.902. The molecule has 0 saturated carbocycles. The lowest BCUT2D eigenvalue weighted by molar-refractivity contribution is 0.151. The number of nitrogens with two attached hydrogens (primary N) is 1. The van der Waals surface area contributed by atoms with Crippen LogP contribution in [0, 0.1) is 0 Å². The highest BCUT2D eigenvalue weighted by atomic mass is 16.5. The molecule has 1 aliphatic rings. The van der Waals surface area contributed by atoms with E-state index in [-0.39, 0.29) is 11.7 Å². The molecule has 0 amide bonds. The Morgan fingerprint density at radius 2 is 1.76 bits per heavy atom. The molecular formula is C22H27N5O2. The van der Waals surface area contributed by atoms with Gasteiger partial charge in [0.15, 0.2) is 0 Å². The van der Waals surface area contributed by atoms with E-state index in [1.165, 1.54) is 0 Å². The molecule has 3 aromatic rings. The first kappa shape index (κ1) is 19.4. The standard InChI is InChI=1S/C22H27N5O2/c23-16-18-6-8-19(9-7-18)26-17-24-27(22(26)28)20-10-12-25(13-11-20)14-15-29-21-4-2-1-3-5-21/h1-9,17,20H,10-16,23H2. The Labute approximate surface area is 170 Å². The van der Waals surface area contributed by atoms with Crippen molar-refractivity contribution in [2.45, 2.75) is 25.4 Å². The highest BCUT2D eigenvalue weighted by molar-refractivity contribution is 5.34. The monoisotopic (exact) mass is 393 g/mol. The highest BCUT2D eigenvalue weighted by Crippen LogP contribution is 2.20. The van der Waals surface area contributed by atoms with Crippen molar-refractivity contribution in [1.82, 2.24) is 19.2 Å². The minimum Gasteiger partial charge on any atom is -0.492 e. The van der Waals surface area contributed by atoms with Gasteiger partial charge in [-0.2, -0.15) is 5.10 Å². The van der Waals surface area contributed by atoms with Gasteiger partial charge in [0.2, 0.25) is 0 Å². The number of rotatable bonds is 7. The molecule has 152 valence electrons. The zero-order chi connectivity index (χ0) is 20.1. The molecule has 2 heterocycles. The molecule has 4 rings (SSSR count). The fourth-order valence-electron chi connectivity index (χ4n) is 3.73. The number of piperidine rings is 1. The summed E-state index contributed by atoms with van der Waals surface area (Å²) in [6, 6.07) is 17.7. The van der Waals surface area contributed by atoms with E-state index in [2.05, 4.69) is 10.00 Å². The first-order chi connectivity index (χ1) is 14.2. The SMILES string of the molecule is NCc1ccc(-n2cnn(C3CCN(CCOc4ccccc4)CC3)c2=O)cc1. The quantitative estimate of drug-likeness (QED) is 0.666. The minimum atomic E-state index is -0.0867. The summed E-state index contributed by atoms with van der Waals surface area (Å²) in [6.07, 6.45) is 3.43. The van der Waals surface area contributed by atoms with Gasteiger partial charge in [-0.1, -0.05) is 30.3 Å². The van der Waals surface area contributed by atoms with Gasteiger partial charge in [0.1, 0.15) is 18.7 Å². The van der Waals surface area contributed by atoms with E-state index in [0.717, 1.165) is 49.5 Å². The summed E-state index contributed by atoms with van der Waals surface area (Å²) < 4.78 is 9.02. The lowest BCUT2D eigenvalue weighted by Crippen LogP contribution is -2.39. The Kier molecular flexibility index (Phi) is 6.07. The number of para-hydroxylation sites is 1. The Balaban J connectivity index is 1.31. The van der Waals surface area contributed by atoms with Crippen LogP contribution in [0.25, 0.3) is 5.69 Å². The normalized spacial score (nSPS) is 15.5. The van der Waals surface area contributed by atoms with E-state index in [0.29, 0.717) is 13.2 Å². The molecule has 0 unspecified atom stereocenters. The molecule has 0 spiro atoms. The van der Waals surface area contributed by atoms with Crippen molar-refractivity contribution >= 4 is 0 Å². The van der Waals surface area contributed by atoms with Crippen molar-refractivity contribution in [2.75, 3.05) is 26.2 Å². The third-order valence-electron chi connectivity index (χ3n) is 5.47. The van der Waals surface area contributed by atoms with E-state index in [4.69, 9.17) is 10.5 Å². The van der Waals surface area contributed by atoms with Crippen molar-refractivity contribution < 1.29 is 4.74 Å². The number of aromatic nitrogens is 3. The van der Waals surface area contributed by atoms with Crippen molar-refractivity contribution in [3.8, 4) is 11.4 Å². The first-order valence-corrected chi connectivity index (χ1v) is 10.1. The van der Waals surface area contributed by atoms with Gasteiger partial charge in [0.25, 0.3) is 0 Å². The molecule has 0 bridgehead atoms. The van der Waals surface area contributed by atoms with Crippen LogP contribution < -0.4 is 16.2 Å². The van der Waals surface area contributed by atoms with Gasteiger partial charge in [-0.05, 0) is 42.7 Å². The number of ether oxygens (including phenoxy) is 1. The smallest absolute Gasteiger partial charge is 0.350 e. The zero-order valence-electron chi connectivity index (χ0n) is 16.5. The van der Waals surface area contributed by atoms with Crippen LogP contribution in [0.5, 0.6) is 5.75 Å². The molecule has 2 aromatic carbocycles. The van der Waals surface area contributed by atoms with Gasteiger partial charge in [0.05, 0.1) is 11.7 Å². The average Bonchev–Trinajstić information content (AvgIpc) is 3.16. The number of likely N-dealkylation sites (tertiary alicyclic amines) is 1. The summed E-state index contributed by atoms with van der Waals surface area (Å²) in [5, 5.41) is 4.38. The first-order valence-electron chi connectivity index (χ1n) is 10.1. The van der Waals surface area contributed by atoms with E-state index in [1.807, 2.05) is 54.6 Å².